The van der Waals surface area contributed by atoms with Crippen molar-refractivity contribution in [3.63, 3.8) is 0 Å². The van der Waals surface area contributed by atoms with E-state index in [4.69, 9.17) is 11.0 Å². The van der Waals surface area contributed by atoms with Gasteiger partial charge in [0.1, 0.15) is 17.6 Å². The zero-order valence-electron chi connectivity index (χ0n) is 16.0. The van der Waals surface area contributed by atoms with Crippen LogP contribution in [0.2, 0.25) is 0 Å². The number of halogens is 4. The first-order valence-corrected chi connectivity index (χ1v) is 8.79. The highest BCUT2D eigenvalue weighted by molar-refractivity contribution is 5.73. The van der Waals surface area contributed by atoms with Crippen LogP contribution >= 0.6 is 0 Å². The molecular weight excluding hydrogens is 400 g/mol. The van der Waals surface area contributed by atoms with E-state index in [0.29, 0.717) is 22.4 Å². The first kappa shape index (κ1) is 21.1. The van der Waals surface area contributed by atoms with Gasteiger partial charge in [0.2, 0.25) is 0 Å². The highest BCUT2D eigenvalue weighted by Gasteiger charge is 2.50. The molecule has 0 fully saturated rings. The molecule has 0 aliphatic carbocycles. The molecule has 0 radical (unpaired) electrons. The predicted molar refractivity (Wildman–Crippen MR) is 101 cm³/mol. The van der Waals surface area contributed by atoms with Gasteiger partial charge in [0, 0.05) is 23.7 Å². The molecule has 3 rings (SSSR count). The van der Waals surface area contributed by atoms with Crippen LogP contribution in [0.3, 0.4) is 0 Å². The highest BCUT2D eigenvalue weighted by atomic mass is 19.4. The van der Waals surface area contributed by atoms with Crippen molar-refractivity contribution >= 4 is 6.02 Å². The Balaban J connectivity index is 2.02. The van der Waals surface area contributed by atoms with Crippen LogP contribution in [0, 0.1) is 35.9 Å². The number of aryl methyl sites for hydroxylation is 1. The van der Waals surface area contributed by atoms with Crippen LogP contribution in [0.15, 0.2) is 35.5 Å². The molecule has 0 amide bonds. The summed E-state index contributed by atoms with van der Waals surface area (Å²) in [4.78, 5) is 7.99. The van der Waals surface area contributed by atoms with Crippen LogP contribution in [0.1, 0.15) is 41.3 Å². The topological polar surface area (TPSA) is 84.3 Å². The molecule has 1 aromatic heterocycles. The second-order valence-electron chi connectivity index (χ2n) is 7.02. The molecule has 2 atom stereocenters. The van der Waals surface area contributed by atoms with Crippen LogP contribution in [0.5, 0.6) is 0 Å². The predicted octanol–water partition coefficient (Wildman–Crippen LogP) is 3.68. The minimum Gasteiger partial charge on any atom is -0.452 e. The van der Waals surface area contributed by atoms with Gasteiger partial charge in [-0.2, -0.15) is 18.4 Å². The Morgan fingerprint density at radius 1 is 1.27 bits per heavy atom. The molecule has 0 saturated carbocycles. The number of nitrogens with zero attached hydrogens (tertiary/aromatic N) is 3. The van der Waals surface area contributed by atoms with Gasteiger partial charge in [-0.1, -0.05) is 5.92 Å². The molecule has 30 heavy (non-hydrogen) atoms. The van der Waals surface area contributed by atoms with Crippen molar-refractivity contribution in [3.05, 3.63) is 64.2 Å². The Morgan fingerprint density at radius 3 is 2.60 bits per heavy atom. The lowest BCUT2D eigenvalue weighted by Crippen LogP contribution is -2.46. The second kappa shape index (κ2) is 7.68. The molecule has 2 N–H and O–H groups in total. The smallest absolute Gasteiger partial charge is 0.425 e. The quantitative estimate of drug-likeness (QED) is 0.568. The van der Waals surface area contributed by atoms with Crippen LogP contribution in [0.25, 0.3) is 0 Å². The Bertz CT molecular complexity index is 1110. The standard InChI is InChI=1S/C21H16F4N4O/c1-12-7-17(22)16(20(2)9-18(21(23,24)25)30-19(27)29-20)8-14(12)4-6-15-5-3-13(10-26)11-28-15/h3,5,7-8,11,18H,9H2,1-2H3,(H2,27,29)/t18-,20+/m0/s1. The zero-order valence-corrected chi connectivity index (χ0v) is 16.0. The molecule has 9 heteroatoms. The third-order valence-corrected chi connectivity index (χ3v) is 4.68. The monoisotopic (exact) mass is 416 g/mol. The normalized spacial score (nSPS) is 21.0. The van der Waals surface area contributed by atoms with Gasteiger partial charge in [-0.25, -0.2) is 14.4 Å². The van der Waals surface area contributed by atoms with Gasteiger partial charge >= 0.3 is 6.18 Å². The van der Waals surface area contributed by atoms with E-state index in [2.05, 4.69) is 26.6 Å². The highest BCUT2D eigenvalue weighted by Crippen LogP contribution is 2.41. The van der Waals surface area contributed by atoms with Crippen LogP contribution in [-0.4, -0.2) is 23.3 Å². The van der Waals surface area contributed by atoms with Crippen molar-refractivity contribution in [3.8, 4) is 17.9 Å². The van der Waals surface area contributed by atoms with Gasteiger partial charge in [0.25, 0.3) is 6.02 Å². The van der Waals surface area contributed by atoms with Crippen molar-refractivity contribution in [2.75, 3.05) is 0 Å². The van der Waals surface area contributed by atoms with E-state index < -0.39 is 36.1 Å². The summed E-state index contributed by atoms with van der Waals surface area (Å²) in [5.74, 6) is 4.94. The third-order valence-electron chi connectivity index (χ3n) is 4.68. The summed E-state index contributed by atoms with van der Waals surface area (Å²) in [6, 6.07) is 6.97. The van der Waals surface area contributed by atoms with E-state index in [9.17, 15) is 17.6 Å². The van der Waals surface area contributed by atoms with Gasteiger partial charge in [-0.15, -0.1) is 0 Å². The second-order valence-corrected chi connectivity index (χ2v) is 7.02. The van der Waals surface area contributed by atoms with Gasteiger partial charge in [0.15, 0.2) is 6.10 Å². The maximum atomic E-state index is 14.7. The Kier molecular flexibility index (Phi) is 5.41. The summed E-state index contributed by atoms with van der Waals surface area (Å²) < 4.78 is 58.9. The summed E-state index contributed by atoms with van der Waals surface area (Å²) in [6.07, 6.45) is -6.13. The first-order chi connectivity index (χ1) is 14.0. The summed E-state index contributed by atoms with van der Waals surface area (Å²) in [5.41, 5.74) is 5.48. The van der Waals surface area contributed by atoms with Gasteiger partial charge in [-0.3, -0.25) is 0 Å². The van der Waals surface area contributed by atoms with E-state index in [-0.39, 0.29) is 5.56 Å². The maximum absolute atomic E-state index is 14.7. The van der Waals surface area contributed by atoms with Gasteiger partial charge in [-0.05, 0) is 49.6 Å². The fourth-order valence-corrected chi connectivity index (χ4v) is 3.10. The molecule has 0 saturated heterocycles. The summed E-state index contributed by atoms with van der Waals surface area (Å²) in [7, 11) is 0. The SMILES string of the molecule is Cc1cc(F)c([C@@]2(C)C[C@@H](C(F)(F)F)OC(N)=N2)cc1C#Cc1ccc(C#N)cn1. The average molecular weight is 416 g/mol. The average Bonchev–Trinajstić information content (AvgIpc) is 2.66. The maximum Gasteiger partial charge on any atom is 0.425 e. The fourth-order valence-electron chi connectivity index (χ4n) is 3.10. The van der Waals surface area contributed by atoms with Crippen molar-refractivity contribution in [1.82, 2.24) is 4.98 Å². The van der Waals surface area contributed by atoms with Gasteiger partial charge < -0.3 is 10.5 Å². The molecule has 0 unspecified atom stereocenters. The molecule has 5 nitrogen and oxygen atoms in total. The number of hydrogen-bond donors (Lipinski definition) is 1. The minimum absolute atomic E-state index is 0.0642. The summed E-state index contributed by atoms with van der Waals surface area (Å²) in [6.45, 7) is 3.00. The van der Waals surface area contributed by atoms with E-state index in [1.165, 1.54) is 25.3 Å². The van der Waals surface area contributed by atoms with Crippen molar-refractivity contribution in [2.24, 2.45) is 10.7 Å². The number of nitriles is 1. The zero-order chi connectivity index (χ0) is 22.1. The molecule has 0 spiro atoms. The van der Waals surface area contributed by atoms with Crippen LogP contribution in [-0.2, 0) is 10.3 Å². The molecule has 2 aromatic rings. The summed E-state index contributed by atoms with van der Waals surface area (Å²) >= 11 is 0. The number of ether oxygens (including phenoxy) is 1. The largest absolute Gasteiger partial charge is 0.452 e. The lowest BCUT2D eigenvalue weighted by atomic mass is 9.84. The number of pyridine rings is 1. The molecular formula is C21H16F4N4O. The Morgan fingerprint density at radius 2 is 2.00 bits per heavy atom. The lowest BCUT2D eigenvalue weighted by molar-refractivity contribution is -0.208. The van der Waals surface area contributed by atoms with Crippen molar-refractivity contribution in [1.29, 1.82) is 5.26 Å². The van der Waals surface area contributed by atoms with Crippen molar-refractivity contribution < 1.29 is 22.3 Å². The van der Waals surface area contributed by atoms with E-state index >= 15 is 0 Å². The Hall–Kier alpha value is -3.59. The fraction of sp³-hybridized carbons (Fsp3) is 0.286. The number of aromatic nitrogens is 1. The molecule has 154 valence electrons. The van der Waals surface area contributed by atoms with E-state index in [0.717, 1.165) is 0 Å². The first-order valence-electron chi connectivity index (χ1n) is 8.79. The van der Waals surface area contributed by atoms with Gasteiger partial charge in [0.05, 0.1) is 11.1 Å². The number of nitrogens with two attached hydrogens (primary N) is 1. The number of benzene rings is 1. The third kappa shape index (κ3) is 4.36. The molecule has 2 heterocycles. The van der Waals surface area contributed by atoms with Crippen LogP contribution < -0.4 is 5.73 Å². The lowest BCUT2D eigenvalue weighted by Gasteiger charge is -2.36. The number of alkyl halides is 3. The molecule has 1 aromatic carbocycles. The molecule has 1 aliphatic heterocycles. The van der Waals surface area contributed by atoms with E-state index in [1.807, 2.05) is 6.07 Å². The molecule has 1 aliphatic rings. The summed E-state index contributed by atoms with van der Waals surface area (Å²) in [5, 5.41) is 8.80. The molecule has 0 bridgehead atoms. The number of rotatable bonds is 1. The number of amidine groups is 1. The van der Waals surface area contributed by atoms with E-state index in [1.54, 1.807) is 19.1 Å². The number of hydrogen-bond acceptors (Lipinski definition) is 5. The van der Waals surface area contributed by atoms with Crippen LogP contribution in [0.4, 0.5) is 17.6 Å². The number of aliphatic imine (C=N–C) groups is 1. The van der Waals surface area contributed by atoms with Crippen molar-refractivity contribution in [2.45, 2.75) is 38.1 Å². The minimum atomic E-state index is -4.67. The Labute approximate surface area is 170 Å².